The molecule has 0 spiro atoms. The first-order chi connectivity index (χ1) is 5.43. The Morgan fingerprint density at radius 3 is 1.58 bits per heavy atom. The van der Waals surface area contributed by atoms with Crippen LogP contribution in [-0.2, 0) is 0 Å². The average molecular weight is 169 g/mol. The van der Waals surface area contributed by atoms with Crippen LogP contribution in [0.1, 0.15) is 47.5 Å². The molecule has 12 heavy (non-hydrogen) atoms. The third-order valence-electron chi connectivity index (χ3n) is 2.59. The van der Waals surface area contributed by atoms with Crippen molar-refractivity contribution in [3.05, 3.63) is 6.92 Å². The molecule has 73 valence electrons. The van der Waals surface area contributed by atoms with Gasteiger partial charge in [-0.1, -0.05) is 41.5 Å². The molecule has 1 radical (unpaired) electrons. The van der Waals surface area contributed by atoms with E-state index in [1.165, 1.54) is 12.8 Å². The molecule has 3 unspecified atom stereocenters. The molecule has 0 N–H and O–H groups in total. The molecule has 0 aliphatic carbocycles. The minimum absolute atomic E-state index is 0.606. The molecule has 0 bridgehead atoms. The maximum absolute atomic E-state index is 4.04. The topological polar surface area (TPSA) is 0 Å². The second-order valence-electron chi connectivity index (χ2n) is 4.92. The highest BCUT2D eigenvalue weighted by molar-refractivity contribution is 4.67. The van der Waals surface area contributed by atoms with Gasteiger partial charge in [-0.25, -0.2) is 0 Å². The molecule has 0 aromatic rings. The lowest BCUT2D eigenvalue weighted by molar-refractivity contribution is 0.289. The molecule has 0 fully saturated rings. The van der Waals surface area contributed by atoms with Crippen molar-refractivity contribution in [2.24, 2.45) is 23.7 Å². The van der Waals surface area contributed by atoms with Gasteiger partial charge in [-0.3, -0.25) is 0 Å². The Bertz CT molecular complexity index is 88.6. The minimum Gasteiger partial charge on any atom is -0.0628 e. The van der Waals surface area contributed by atoms with E-state index in [0.717, 1.165) is 17.8 Å². The molecule has 0 saturated carbocycles. The molecular weight excluding hydrogens is 144 g/mol. The largest absolute Gasteiger partial charge is 0.0628 e. The van der Waals surface area contributed by atoms with E-state index >= 15 is 0 Å². The maximum atomic E-state index is 4.04. The van der Waals surface area contributed by atoms with Crippen LogP contribution in [0, 0.1) is 30.6 Å². The van der Waals surface area contributed by atoms with Gasteiger partial charge in [0, 0.05) is 0 Å². The quantitative estimate of drug-likeness (QED) is 0.579. The van der Waals surface area contributed by atoms with Crippen molar-refractivity contribution in [3.8, 4) is 0 Å². The van der Waals surface area contributed by atoms with Crippen molar-refractivity contribution in [1.29, 1.82) is 0 Å². The number of hydrogen-bond acceptors (Lipinski definition) is 0. The Labute approximate surface area is 78.8 Å². The smallest absolute Gasteiger partial charge is 0.0414 e. The fraction of sp³-hybridized carbons (Fsp3) is 0.917. The monoisotopic (exact) mass is 169 g/mol. The molecule has 0 heteroatoms. The SMILES string of the molecule is [CH2]C(C)CC(C)C(C)CC(C)C. The molecular formula is C12H25. The highest BCUT2D eigenvalue weighted by atomic mass is 14.2. The van der Waals surface area contributed by atoms with Crippen LogP contribution in [0.4, 0.5) is 0 Å². The molecule has 0 aromatic carbocycles. The predicted octanol–water partition coefficient (Wildman–Crippen LogP) is 4.16. The lowest BCUT2D eigenvalue weighted by atomic mass is 9.83. The van der Waals surface area contributed by atoms with Gasteiger partial charge in [-0.05, 0) is 36.5 Å². The molecule has 0 aliphatic rings. The summed E-state index contributed by atoms with van der Waals surface area (Å²) in [4.78, 5) is 0. The summed E-state index contributed by atoms with van der Waals surface area (Å²) < 4.78 is 0. The summed E-state index contributed by atoms with van der Waals surface area (Å²) >= 11 is 0. The van der Waals surface area contributed by atoms with Crippen LogP contribution in [0.25, 0.3) is 0 Å². The van der Waals surface area contributed by atoms with Gasteiger partial charge in [0.05, 0.1) is 0 Å². The van der Waals surface area contributed by atoms with Crippen molar-refractivity contribution in [1.82, 2.24) is 0 Å². The first kappa shape index (κ1) is 12.0. The van der Waals surface area contributed by atoms with E-state index < -0.39 is 0 Å². The van der Waals surface area contributed by atoms with Crippen LogP contribution < -0.4 is 0 Å². The number of rotatable bonds is 5. The normalized spacial score (nSPS) is 17.0. The number of hydrogen-bond donors (Lipinski definition) is 0. The van der Waals surface area contributed by atoms with Gasteiger partial charge in [-0.15, -0.1) is 0 Å². The fourth-order valence-electron chi connectivity index (χ4n) is 1.84. The Morgan fingerprint density at radius 1 is 0.833 bits per heavy atom. The molecule has 3 atom stereocenters. The molecule has 0 saturated heterocycles. The summed E-state index contributed by atoms with van der Waals surface area (Å²) in [5.41, 5.74) is 0. The summed E-state index contributed by atoms with van der Waals surface area (Å²) in [6, 6.07) is 0. The second kappa shape index (κ2) is 5.61. The fourth-order valence-corrected chi connectivity index (χ4v) is 1.84. The van der Waals surface area contributed by atoms with Gasteiger partial charge in [0.1, 0.15) is 0 Å². The zero-order chi connectivity index (χ0) is 9.72. The van der Waals surface area contributed by atoms with Gasteiger partial charge in [0.25, 0.3) is 0 Å². The van der Waals surface area contributed by atoms with E-state index in [9.17, 15) is 0 Å². The Kier molecular flexibility index (Phi) is 5.61. The van der Waals surface area contributed by atoms with Gasteiger partial charge < -0.3 is 0 Å². The summed E-state index contributed by atoms with van der Waals surface area (Å²) in [6.07, 6.45) is 2.63. The third kappa shape index (κ3) is 5.62. The van der Waals surface area contributed by atoms with Crippen molar-refractivity contribution >= 4 is 0 Å². The van der Waals surface area contributed by atoms with Crippen LogP contribution in [0.3, 0.4) is 0 Å². The molecule has 0 aromatic heterocycles. The summed E-state index contributed by atoms with van der Waals surface area (Å²) in [7, 11) is 0. The Morgan fingerprint density at radius 2 is 1.25 bits per heavy atom. The van der Waals surface area contributed by atoms with Crippen LogP contribution in [0.2, 0.25) is 0 Å². The standard InChI is InChI=1S/C12H25/c1-9(2)7-11(5)12(6)8-10(3)4/h9-12H,1,7-8H2,2-6H3. The van der Waals surface area contributed by atoms with E-state index in [4.69, 9.17) is 0 Å². The molecule has 0 rings (SSSR count). The summed E-state index contributed by atoms with van der Waals surface area (Å²) in [5.74, 6) is 3.13. The van der Waals surface area contributed by atoms with E-state index in [-0.39, 0.29) is 0 Å². The van der Waals surface area contributed by atoms with Crippen LogP contribution >= 0.6 is 0 Å². The molecule has 0 nitrogen and oxygen atoms in total. The Hall–Kier alpha value is 0. The maximum Gasteiger partial charge on any atom is -0.0414 e. The average Bonchev–Trinajstić information content (AvgIpc) is 1.84. The van der Waals surface area contributed by atoms with Gasteiger partial charge in [0.15, 0.2) is 0 Å². The van der Waals surface area contributed by atoms with Gasteiger partial charge in [0.2, 0.25) is 0 Å². The molecule has 0 heterocycles. The van der Waals surface area contributed by atoms with E-state index in [0.29, 0.717) is 5.92 Å². The summed E-state index contributed by atoms with van der Waals surface area (Å²) in [5, 5.41) is 0. The highest BCUT2D eigenvalue weighted by Gasteiger charge is 2.14. The van der Waals surface area contributed by atoms with E-state index in [1.807, 2.05) is 0 Å². The first-order valence-corrected chi connectivity index (χ1v) is 5.26. The minimum atomic E-state index is 0.606. The lowest BCUT2D eigenvalue weighted by Crippen LogP contribution is -2.12. The Balaban J connectivity index is 3.68. The van der Waals surface area contributed by atoms with Crippen LogP contribution in [0.5, 0.6) is 0 Å². The summed E-state index contributed by atoms with van der Waals surface area (Å²) in [6.45, 7) is 15.6. The van der Waals surface area contributed by atoms with E-state index in [2.05, 4.69) is 41.5 Å². The second-order valence-corrected chi connectivity index (χ2v) is 4.92. The lowest BCUT2D eigenvalue weighted by Gasteiger charge is -2.23. The van der Waals surface area contributed by atoms with Gasteiger partial charge in [-0.2, -0.15) is 0 Å². The highest BCUT2D eigenvalue weighted by Crippen LogP contribution is 2.24. The zero-order valence-corrected chi connectivity index (χ0v) is 9.43. The molecule has 0 amide bonds. The third-order valence-corrected chi connectivity index (χ3v) is 2.59. The van der Waals surface area contributed by atoms with Crippen molar-refractivity contribution < 1.29 is 0 Å². The van der Waals surface area contributed by atoms with Crippen molar-refractivity contribution in [2.45, 2.75) is 47.5 Å². The van der Waals surface area contributed by atoms with Gasteiger partial charge >= 0.3 is 0 Å². The van der Waals surface area contributed by atoms with E-state index in [1.54, 1.807) is 0 Å². The predicted molar refractivity (Wildman–Crippen MR) is 56.9 cm³/mol. The van der Waals surface area contributed by atoms with Crippen LogP contribution in [0.15, 0.2) is 0 Å². The first-order valence-electron chi connectivity index (χ1n) is 5.26. The van der Waals surface area contributed by atoms with Crippen LogP contribution in [-0.4, -0.2) is 0 Å². The van der Waals surface area contributed by atoms with Crippen molar-refractivity contribution in [3.63, 3.8) is 0 Å². The zero-order valence-electron chi connectivity index (χ0n) is 9.43. The van der Waals surface area contributed by atoms with Crippen molar-refractivity contribution in [2.75, 3.05) is 0 Å². The molecule has 0 aliphatic heterocycles.